The van der Waals surface area contributed by atoms with Crippen LogP contribution in [0.5, 0.6) is 0 Å². The molecule has 0 aliphatic heterocycles. The number of pyridine rings is 1. The topological polar surface area (TPSA) is 112 Å². The van der Waals surface area contributed by atoms with E-state index in [1.54, 1.807) is 12.1 Å². The average Bonchev–Trinajstić information content (AvgIpc) is 3.26. The number of rotatable bonds is 3. The predicted octanol–water partition coefficient (Wildman–Crippen LogP) is 7.09. The van der Waals surface area contributed by atoms with Gasteiger partial charge in [0, 0.05) is 17.2 Å². The van der Waals surface area contributed by atoms with Gasteiger partial charge in [0.1, 0.15) is 23.1 Å². The number of nitrogen functional groups attached to an aromatic ring is 1. The molecule has 0 saturated heterocycles. The predicted molar refractivity (Wildman–Crippen MR) is 145 cm³/mol. The molecular weight excluding hydrogens is 460 g/mol. The highest BCUT2D eigenvalue weighted by Gasteiger charge is 2.60. The third kappa shape index (κ3) is 3.73. The van der Waals surface area contributed by atoms with Gasteiger partial charge in [0.2, 0.25) is 0 Å². The molecule has 6 heteroatoms. The van der Waals surface area contributed by atoms with Crippen molar-refractivity contribution in [2.45, 2.75) is 83.7 Å². The van der Waals surface area contributed by atoms with Crippen LogP contribution in [0.15, 0.2) is 35.5 Å². The molecule has 0 amide bonds. The van der Waals surface area contributed by atoms with Crippen LogP contribution in [0.25, 0.3) is 11.1 Å². The molecule has 4 aliphatic carbocycles. The lowest BCUT2D eigenvalue weighted by Crippen LogP contribution is -2.53. The monoisotopic (exact) mass is 498 g/mol. The van der Waals surface area contributed by atoms with Crippen LogP contribution in [0.1, 0.15) is 88.8 Å². The maximum absolute atomic E-state index is 10.9. The Morgan fingerprint density at radius 3 is 2.49 bits per heavy atom. The molecule has 194 valence electrons. The third-order valence-electron chi connectivity index (χ3n) is 11.5. The molecule has 6 nitrogen and oxygen atoms in total. The summed E-state index contributed by atoms with van der Waals surface area (Å²) in [5, 5.41) is 23.2. The van der Waals surface area contributed by atoms with Crippen molar-refractivity contribution in [2.24, 2.45) is 39.7 Å². The first kappa shape index (κ1) is 24.6. The van der Waals surface area contributed by atoms with Crippen LogP contribution in [0.4, 0.5) is 11.5 Å². The van der Waals surface area contributed by atoms with Gasteiger partial charge in [0.15, 0.2) is 0 Å². The van der Waals surface area contributed by atoms with Crippen molar-refractivity contribution >= 4 is 11.5 Å². The van der Waals surface area contributed by atoms with Crippen molar-refractivity contribution in [3.63, 3.8) is 0 Å². The quantitative estimate of drug-likeness (QED) is 0.439. The van der Waals surface area contributed by atoms with Gasteiger partial charge in [-0.2, -0.15) is 5.26 Å². The highest BCUT2D eigenvalue weighted by atomic mass is 16.3. The lowest BCUT2D eigenvalue weighted by Gasteiger charge is -2.61. The van der Waals surface area contributed by atoms with E-state index in [1.807, 2.05) is 12.1 Å². The number of fused-ring (bicyclic) bond motifs is 5. The Morgan fingerprint density at radius 1 is 1.03 bits per heavy atom. The highest BCUT2D eigenvalue weighted by molar-refractivity contribution is 5.76. The second-order valence-corrected chi connectivity index (χ2v) is 12.9. The number of benzene rings is 1. The van der Waals surface area contributed by atoms with Crippen LogP contribution >= 0.6 is 0 Å². The van der Waals surface area contributed by atoms with Gasteiger partial charge in [0.25, 0.3) is 0 Å². The zero-order chi connectivity index (χ0) is 25.9. The number of nitrogens with two attached hydrogens (primary N) is 1. The van der Waals surface area contributed by atoms with Crippen molar-refractivity contribution in [1.29, 1.82) is 5.26 Å². The van der Waals surface area contributed by atoms with Gasteiger partial charge < -0.3 is 10.8 Å². The fourth-order valence-corrected chi connectivity index (χ4v) is 9.53. The van der Waals surface area contributed by atoms with Crippen molar-refractivity contribution in [2.75, 3.05) is 5.73 Å². The molecule has 1 heterocycles. The van der Waals surface area contributed by atoms with E-state index in [4.69, 9.17) is 10.7 Å². The number of aliphatic hydroxyl groups is 1. The minimum atomic E-state index is -0.104. The van der Waals surface area contributed by atoms with E-state index in [0.717, 1.165) is 47.9 Å². The minimum absolute atomic E-state index is 0.104. The SMILES string of the molecule is C[C@]12CCC3C(CC[C@H]4CC(O)CC[C@]34C)C1CCC2c1cc(-c2ccc(N=O)cc2)c(C#N)c(N)n1. The fraction of sp³-hybridized carbons (Fsp3) is 0.613. The second-order valence-electron chi connectivity index (χ2n) is 12.9. The summed E-state index contributed by atoms with van der Waals surface area (Å²) >= 11 is 0. The molecule has 8 atom stereocenters. The van der Waals surface area contributed by atoms with E-state index in [9.17, 15) is 15.3 Å². The number of aromatic nitrogens is 1. The van der Waals surface area contributed by atoms with Crippen molar-refractivity contribution in [3.05, 3.63) is 46.5 Å². The van der Waals surface area contributed by atoms with Crippen molar-refractivity contribution in [3.8, 4) is 17.2 Å². The van der Waals surface area contributed by atoms with Gasteiger partial charge in [-0.25, -0.2) is 4.98 Å². The van der Waals surface area contributed by atoms with E-state index >= 15 is 0 Å². The van der Waals surface area contributed by atoms with Crippen molar-refractivity contribution < 1.29 is 5.11 Å². The van der Waals surface area contributed by atoms with E-state index in [1.165, 1.54) is 38.5 Å². The normalized spacial score (nSPS) is 38.6. The first-order chi connectivity index (χ1) is 17.8. The first-order valence-electron chi connectivity index (χ1n) is 14.1. The molecule has 0 spiro atoms. The first-order valence-corrected chi connectivity index (χ1v) is 14.1. The molecule has 37 heavy (non-hydrogen) atoms. The molecular formula is C31H38N4O2. The number of nitriles is 1. The zero-order valence-electron chi connectivity index (χ0n) is 22.0. The molecule has 4 aliphatic rings. The van der Waals surface area contributed by atoms with Crippen LogP contribution in [0.2, 0.25) is 0 Å². The molecule has 2 aromatic rings. The fourth-order valence-electron chi connectivity index (χ4n) is 9.53. The summed E-state index contributed by atoms with van der Waals surface area (Å²) in [4.78, 5) is 15.7. The van der Waals surface area contributed by atoms with Gasteiger partial charge in [-0.05, 0) is 121 Å². The number of anilines is 1. The van der Waals surface area contributed by atoms with E-state index in [-0.39, 0.29) is 11.5 Å². The van der Waals surface area contributed by atoms with E-state index in [2.05, 4.69) is 31.2 Å². The molecule has 1 aromatic carbocycles. The molecule has 4 fully saturated rings. The number of hydrogen-bond donors (Lipinski definition) is 2. The van der Waals surface area contributed by atoms with Crippen LogP contribution in [0.3, 0.4) is 0 Å². The Labute approximate surface area is 219 Å². The van der Waals surface area contributed by atoms with Gasteiger partial charge in [-0.15, -0.1) is 4.91 Å². The number of nitroso groups, excluding NO2 is 1. The van der Waals surface area contributed by atoms with Crippen molar-refractivity contribution in [1.82, 2.24) is 4.98 Å². The Kier molecular flexibility index (Phi) is 5.91. The Morgan fingerprint density at radius 2 is 1.76 bits per heavy atom. The molecule has 3 N–H and O–H groups in total. The lowest BCUT2D eigenvalue weighted by molar-refractivity contribution is -0.123. The number of aliphatic hydroxyl groups excluding tert-OH is 1. The van der Waals surface area contributed by atoms with Crippen LogP contribution in [-0.2, 0) is 0 Å². The van der Waals surface area contributed by atoms with Crippen LogP contribution in [-0.4, -0.2) is 16.2 Å². The van der Waals surface area contributed by atoms with E-state index < -0.39 is 0 Å². The Balaban J connectivity index is 1.33. The number of nitrogens with zero attached hydrogens (tertiary/aromatic N) is 3. The molecule has 4 saturated carbocycles. The molecule has 5 unspecified atom stereocenters. The third-order valence-corrected chi connectivity index (χ3v) is 11.5. The summed E-state index contributed by atoms with van der Waals surface area (Å²) < 4.78 is 0. The standard InChI is InChI=1S/C31H38N4O2/c1-30-13-11-21(36)15-19(30)5-8-22-25-9-10-27(31(25,2)14-12-26(22)30)28-16-23(24(17-32)29(33)34-28)18-3-6-20(35-37)7-4-18/h3-4,6-7,16,19,21-22,25-27,36H,5,8-15H2,1-2H3,(H2,33,34)/t19-,21?,22?,25?,26?,27?,30-,31-/m0/s1. The minimum Gasteiger partial charge on any atom is -0.393 e. The summed E-state index contributed by atoms with van der Waals surface area (Å²) in [7, 11) is 0. The Bertz CT molecular complexity index is 1250. The lowest BCUT2D eigenvalue weighted by atomic mass is 9.44. The molecule has 0 radical (unpaired) electrons. The molecule has 6 rings (SSSR count). The highest BCUT2D eigenvalue weighted by Crippen LogP contribution is 2.69. The maximum atomic E-state index is 10.9. The summed E-state index contributed by atoms with van der Waals surface area (Å²) in [5.74, 6) is 3.47. The summed E-state index contributed by atoms with van der Waals surface area (Å²) in [6, 6.07) is 11.4. The summed E-state index contributed by atoms with van der Waals surface area (Å²) in [5.41, 5.74) is 10.3. The maximum Gasteiger partial charge on any atom is 0.142 e. The largest absolute Gasteiger partial charge is 0.393 e. The second kappa shape index (κ2) is 8.91. The zero-order valence-corrected chi connectivity index (χ0v) is 22.0. The summed E-state index contributed by atoms with van der Waals surface area (Å²) in [6.45, 7) is 5.03. The van der Waals surface area contributed by atoms with Crippen LogP contribution < -0.4 is 5.73 Å². The number of hydrogen-bond acceptors (Lipinski definition) is 6. The van der Waals surface area contributed by atoms with Gasteiger partial charge in [-0.1, -0.05) is 26.0 Å². The average molecular weight is 499 g/mol. The molecule has 0 bridgehead atoms. The van der Waals surface area contributed by atoms with Gasteiger partial charge in [0.05, 0.1) is 6.10 Å². The van der Waals surface area contributed by atoms with Crippen LogP contribution in [0, 0.1) is 50.7 Å². The van der Waals surface area contributed by atoms with E-state index in [0.29, 0.717) is 40.2 Å². The molecule has 1 aromatic heterocycles. The van der Waals surface area contributed by atoms with Gasteiger partial charge >= 0.3 is 0 Å². The Hall–Kier alpha value is -2.78. The smallest absolute Gasteiger partial charge is 0.142 e. The van der Waals surface area contributed by atoms with Gasteiger partial charge in [-0.3, -0.25) is 0 Å². The summed E-state index contributed by atoms with van der Waals surface area (Å²) in [6.07, 6.45) is 10.3.